The summed E-state index contributed by atoms with van der Waals surface area (Å²) >= 11 is 0. The SMILES string of the molecule is CN1CCN(Cc2cc(-c3ccc4c(c3)CCO4)nn(Cc3ccc(F)cc3)c2=O)CC1.Cl.Cl. The second-order valence-electron chi connectivity index (χ2n) is 8.64. The van der Waals surface area contributed by atoms with E-state index in [9.17, 15) is 9.18 Å². The highest BCUT2D eigenvalue weighted by Crippen LogP contribution is 2.29. The smallest absolute Gasteiger partial charge is 0.271 e. The van der Waals surface area contributed by atoms with Gasteiger partial charge in [0.05, 0.1) is 18.8 Å². The normalized spacial score (nSPS) is 15.7. The van der Waals surface area contributed by atoms with Crippen molar-refractivity contribution in [1.29, 1.82) is 0 Å². The molecule has 9 heteroatoms. The van der Waals surface area contributed by atoms with E-state index >= 15 is 0 Å². The number of halogens is 3. The topological polar surface area (TPSA) is 50.6 Å². The van der Waals surface area contributed by atoms with E-state index in [0.717, 1.165) is 60.7 Å². The van der Waals surface area contributed by atoms with E-state index in [1.807, 2.05) is 18.2 Å². The summed E-state index contributed by atoms with van der Waals surface area (Å²) in [6.07, 6.45) is 0.881. The summed E-state index contributed by atoms with van der Waals surface area (Å²) in [6, 6.07) is 14.2. The van der Waals surface area contributed by atoms with Crippen molar-refractivity contribution >= 4 is 24.8 Å². The fraction of sp³-hybridized carbons (Fsp3) is 0.360. The average Bonchev–Trinajstić information content (AvgIpc) is 3.27. The number of benzene rings is 2. The molecule has 0 radical (unpaired) electrons. The van der Waals surface area contributed by atoms with E-state index in [1.165, 1.54) is 22.4 Å². The first-order chi connectivity index (χ1) is 15.5. The van der Waals surface area contributed by atoms with Crippen molar-refractivity contribution in [2.24, 2.45) is 0 Å². The van der Waals surface area contributed by atoms with Gasteiger partial charge in [0.15, 0.2) is 0 Å². The molecule has 2 aliphatic heterocycles. The maximum Gasteiger partial charge on any atom is 0.271 e. The first kappa shape index (κ1) is 26.2. The van der Waals surface area contributed by atoms with Gasteiger partial charge in [-0.3, -0.25) is 9.69 Å². The number of fused-ring (bicyclic) bond motifs is 1. The minimum Gasteiger partial charge on any atom is -0.493 e. The van der Waals surface area contributed by atoms with Gasteiger partial charge in [-0.2, -0.15) is 5.10 Å². The number of hydrogen-bond donors (Lipinski definition) is 0. The third kappa shape index (κ3) is 5.78. The van der Waals surface area contributed by atoms with Crippen LogP contribution in [0.5, 0.6) is 5.75 Å². The van der Waals surface area contributed by atoms with Crippen molar-refractivity contribution in [2.75, 3.05) is 39.8 Å². The highest BCUT2D eigenvalue weighted by atomic mass is 35.5. The zero-order valence-corrected chi connectivity index (χ0v) is 20.7. The van der Waals surface area contributed by atoms with Gasteiger partial charge in [0, 0.05) is 50.3 Å². The van der Waals surface area contributed by atoms with Gasteiger partial charge < -0.3 is 9.64 Å². The summed E-state index contributed by atoms with van der Waals surface area (Å²) in [5.74, 6) is 0.630. The number of hydrogen-bond acceptors (Lipinski definition) is 5. The summed E-state index contributed by atoms with van der Waals surface area (Å²) in [7, 11) is 2.12. The lowest BCUT2D eigenvalue weighted by atomic mass is 10.0. The molecular formula is C25H29Cl2FN4O2. The number of rotatable bonds is 5. The Bertz CT molecular complexity index is 1180. The van der Waals surface area contributed by atoms with E-state index in [4.69, 9.17) is 9.84 Å². The lowest BCUT2D eigenvalue weighted by molar-refractivity contribution is 0.147. The molecule has 0 N–H and O–H groups in total. The largest absolute Gasteiger partial charge is 0.493 e. The molecule has 3 aromatic rings. The van der Waals surface area contributed by atoms with Crippen LogP contribution in [0.4, 0.5) is 4.39 Å². The lowest BCUT2D eigenvalue weighted by Gasteiger charge is -2.32. The maximum absolute atomic E-state index is 13.3. The van der Waals surface area contributed by atoms with Crippen LogP contribution in [0, 0.1) is 5.82 Å². The summed E-state index contributed by atoms with van der Waals surface area (Å²) in [4.78, 5) is 17.9. The van der Waals surface area contributed by atoms with Gasteiger partial charge in [-0.25, -0.2) is 9.07 Å². The quantitative estimate of drug-likeness (QED) is 0.528. The van der Waals surface area contributed by atoms with Crippen molar-refractivity contribution in [2.45, 2.75) is 19.5 Å². The summed E-state index contributed by atoms with van der Waals surface area (Å²) < 4.78 is 20.5. The predicted molar refractivity (Wildman–Crippen MR) is 136 cm³/mol. The maximum atomic E-state index is 13.3. The van der Waals surface area contributed by atoms with Gasteiger partial charge in [-0.1, -0.05) is 12.1 Å². The zero-order valence-electron chi connectivity index (χ0n) is 19.1. The molecule has 2 aromatic carbocycles. The van der Waals surface area contributed by atoms with Crippen LogP contribution >= 0.6 is 24.8 Å². The molecular weight excluding hydrogens is 478 g/mol. The molecule has 0 unspecified atom stereocenters. The first-order valence-corrected chi connectivity index (χ1v) is 11.1. The number of piperazine rings is 1. The minimum atomic E-state index is -0.293. The molecule has 182 valence electrons. The molecule has 2 aliphatic rings. The third-order valence-corrected chi connectivity index (χ3v) is 6.27. The molecule has 1 fully saturated rings. The minimum absolute atomic E-state index is 0. The van der Waals surface area contributed by atoms with E-state index < -0.39 is 0 Å². The van der Waals surface area contributed by atoms with Crippen LogP contribution in [0.15, 0.2) is 53.3 Å². The van der Waals surface area contributed by atoms with Crippen LogP contribution in [-0.2, 0) is 19.5 Å². The summed E-state index contributed by atoms with van der Waals surface area (Å²) in [5.41, 5.74) is 4.39. The van der Waals surface area contributed by atoms with Crippen LogP contribution in [0.2, 0.25) is 0 Å². The van der Waals surface area contributed by atoms with Gasteiger partial charge in [0.2, 0.25) is 0 Å². The van der Waals surface area contributed by atoms with Crippen LogP contribution in [0.25, 0.3) is 11.3 Å². The van der Waals surface area contributed by atoms with Crippen molar-refractivity contribution in [3.8, 4) is 17.0 Å². The van der Waals surface area contributed by atoms with Gasteiger partial charge in [0.25, 0.3) is 5.56 Å². The Hall–Kier alpha value is -2.45. The van der Waals surface area contributed by atoms with Gasteiger partial charge >= 0.3 is 0 Å². The number of nitrogens with zero attached hydrogens (tertiary/aromatic N) is 4. The Kier molecular flexibility index (Phi) is 8.71. The van der Waals surface area contributed by atoms with Gasteiger partial charge in [-0.15, -0.1) is 24.8 Å². The molecule has 0 saturated carbocycles. The summed E-state index contributed by atoms with van der Waals surface area (Å²) in [6.45, 7) is 5.45. The Morgan fingerprint density at radius 3 is 2.44 bits per heavy atom. The highest BCUT2D eigenvalue weighted by molar-refractivity contribution is 5.85. The molecule has 1 aromatic heterocycles. The van der Waals surface area contributed by atoms with E-state index in [-0.39, 0.29) is 36.2 Å². The van der Waals surface area contributed by atoms with Crippen LogP contribution in [0.1, 0.15) is 16.7 Å². The van der Waals surface area contributed by atoms with Crippen molar-refractivity contribution in [3.05, 3.63) is 81.4 Å². The third-order valence-electron chi connectivity index (χ3n) is 6.27. The molecule has 0 bridgehead atoms. The van der Waals surface area contributed by atoms with Crippen molar-refractivity contribution in [1.82, 2.24) is 19.6 Å². The molecule has 3 heterocycles. The average molecular weight is 507 g/mol. The first-order valence-electron chi connectivity index (χ1n) is 11.1. The van der Waals surface area contributed by atoms with Crippen LogP contribution < -0.4 is 10.3 Å². The Morgan fingerprint density at radius 2 is 1.71 bits per heavy atom. The van der Waals surface area contributed by atoms with Crippen LogP contribution in [-0.4, -0.2) is 59.4 Å². The van der Waals surface area contributed by atoms with E-state index in [1.54, 1.807) is 12.1 Å². The Balaban J connectivity index is 0.00000162. The molecule has 5 rings (SSSR count). The van der Waals surface area contributed by atoms with Crippen molar-refractivity contribution in [3.63, 3.8) is 0 Å². The standard InChI is InChI=1S/C25H27FN4O2.2ClH/c1-28-9-11-29(12-10-28)17-21-15-23(19-4-7-24-20(14-19)8-13-32-24)27-30(25(21)31)16-18-2-5-22(26)6-3-18;;/h2-7,14-15H,8-13,16-17H2,1H3;2*1H. The van der Waals surface area contributed by atoms with Gasteiger partial charge in [0.1, 0.15) is 11.6 Å². The molecule has 0 atom stereocenters. The number of ether oxygens (including phenoxy) is 1. The second kappa shape index (κ2) is 11.3. The zero-order chi connectivity index (χ0) is 22.1. The lowest BCUT2D eigenvalue weighted by Crippen LogP contribution is -2.45. The monoisotopic (exact) mass is 506 g/mol. The number of likely N-dealkylation sites (N-methyl/N-ethyl adjacent to an activating group) is 1. The Labute approximate surface area is 211 Å². The molecule has 34 heavy (non-hydrogen) atoms. The molecule has 1 saturated heterocycles. The molecule has 6 nitrogen and oxygen atoms in total. The van der Waals surface area contributed by atoms with Gasteiger partial charge in [-0.05, 0) is 54.6 Å². The fourth-order valence-corrected chi connectivity index (χ4v) is 4.31. The van der Waals surface area contributed by atoms with Crippen LogP contribution in [0.3, 0.4) is 0 Å². The Morgan fingerprint density at radius 1 is 0.971 bits per heavy atom. The number of aromatic nitrogens is 2. The van der Waals surface area contributed by atoms with E-state index in [2.05, 4.69) is 22.9 Å². The molecule has 0 aliphatic carbocycles. The fourth-order valence-electron chi connectivity index (χ4n) is 4.31. The molecule has 0 spiro atoms. The highest BCUT2D eigenvalue weighted by Gasteiger charge is 2.19. The summed E-state index contributed by atoms with van der Waals surface area (Å²) in [5, 5.41) is 4.69. The molecule has 0 amide bonds. The second-order valence-corrected chi connectivity index (χ2v) is 8.64. The van der Waals surface area contributed by atoms with Crippen molar-refractivity contribution < 1.29 is 9.13 Å². The predicted octanol–water partition coefficient (Wildman–Crippen LogP) is 3.62. The van der Waals surface area contributed by atoms with E-state index in [0.29, 0.717) is 19.7 Å².